The van der Waals surface area contributed by atoms with Gasteiger partial charge < -0.3 is 10.1 Å². The highest BCUT2D eigenvalue weighted by molar-refractivity contribution is 7.89. The Labute approximate surface area is 172 Å². The molecule has 1 aromatic carbocycles. The lowest BCUT2D eigenvalue weighted by Gasteiger charge is -2.14. The quantitative estimate of drug-likeness (QED) is 0.694. The van der Waals surface area contributed by atoms with Gasteiger partial charge in [-0.3, -0.25) is 4.79 Å². The third-order valence-corrected chi connectivity index (χ3v) is 7.77. The van der Waals surface area contributed by atoms with E-state index in [1.165, 1.54) is 54.1 Å². The van der Waals surface area contributed by atoms with Crippen LogP contribution >= 0.6 is 22.9 Å². The number of thiophene rings is 1. The number of esters is 1. The summed E-state index contributed by atoms with van der Waals surface area (Å²) in [6.45, 7) is -0.472. The SMILES string of the molecule is CN(C)S(=O)(=O)c1cc(NC(=O)COC(=O)c2cc3c(s2)CCC3)ccc1Cl. The average Bonchev–Trinajstić information content (AvgIpc) is 3.23. The van der Waals surface area contributed by atoms with Crippen molar-refractivity contribution in [2.45, 2.75) is 24.2 Å². The van der Waals surface area contributed by atoms with Crippen molar-refractivity contribution in [1.82, 2.24) is 4.31 Å². The molecule has 0 atom stereocenters. The number of nitrogens with zero attached hydrogens (tertiary/aromatic N) is 1. The first-order valence-corrected chi connectivity index (χ1v) is 11.1. The van der Waals surface area contributed by atoms with Crippen LogP contribution < -0.4 is 5.32 Å². The number of aryl methyl sites for hydroxylation is 2. The zero-order chi connectivity index (χ0) is 20.5. The van der Waals surface area contributed by atoms with E-state index < -0.39 is 28.5 Å². The number of carbonyl (C=O) groups is 2. The first-order chi connectivity index (χ1) is 13.2. The van der Waals surface area contributed by atoms with Crippen molar-refractivity contribution < 1.29 is 22.7 Å². The van der Waals surface area contributed by atoms with Gasteiger partial charge >= 0.3 is 5.97 Å². The zero-order valence-corrected chi connectivity index (χ0v) is 17.7. The van der Waals surface area contributed by atoms with Gasteiger partial charge in [0.2, 0.25) is 10.0 Å². The highest BCUT2D eigenvalue weighted by Crippen LogP contribution is 2.31. The van der Waals surface area contributed by atoms with Crippen LogP contribution in [0.4, 0.5) is 5.69 Å². The zero-order valence-electron chi connectivity index (χ0n) is 15.3. The number of benzene rings is 1. The maximum atomic E-state index is 12.3. The maximum absolute atomic E-state index is 12.3. The van der Waals surface area contributed by atoms with Crippen LogP contribution in [0.5, 0.6) is 0 Å². The molecule has 0 unspecified atom stereocenters. The molecule has 0 aliphatic heterocycles. The first kappa shape index (κ1) is 20.8. The van der Waals surface area contributed by atoms with Crippen molar-refractivity contribution in [3.63, 3.8) is 0 Å². The van der Waals surface area contributed by atoms with E-state index in [-0.39, 0.29) is 15.6 Å². The van der Waals surface area contributed by atoms with Crippen LogP contribution in [0.1, 0.15) is 26.5 Å². The highest BCUT2D eigenvalue weighted by atomic mass is 35.5. The molecule has 0 saturated carbocycles. The third kappa shape index (κ3) is 4.38. The van der Waals surface area contributed by atoms with E-state index in [4.69, 9.17) is 16.3 Å². The molecule has 2 aromatic rings. The van der Waals surface area contributed by atoms with Crippen LogP contribution in [0.3, 0.4) is 0 Å². The number of hydrogen-bond donors (Lipinski definition) is 1. The molecule has 0 fully saturated rings. The molecule has 1 aliphatic rings. The molecule has 1 N–H and O–H groups in total. The van der Waals surface area contributed by atoms with Crippen LogP contribution in [0.2, 0.25) is 5.02 Å². The van der Waals surface area contributed by atoms with Gasteiger partial charge in [0.25, 0.3) is 5.91 Å². The van der Waals surface area contributed by atoms with Crippen LogP contribution in [0.15, 0.2) is 29.2 Å². The van der Waals surface area contributed by atoms with Crippen molar-refractivity contribution in [2.24, 2.45) is 0 Å². The largest absolute Gasteiger partial charge is 0.451 e. The lowest BCUT2D eigenvalue weighted by molar-refractivity contribution is -0.119. The Bertz CT molecular complexity index is 1010. The topological polar surface area (TPSA) is 92.8 Å². The van der Waals surface area contributed by atoms with Crippen LogP contribution in [-0.2, 0) is 32.4 Å². The summed E-state index contributed by atoms with van der Waals surface area (Å²) in [6, 6.07) is 5.94. The number of anilines is 1. The first-order valence-electron chi connectivity index (χ1n) is 8.49. The second kappa shape index (κ2) is 8.20. The van der Waals surface area contributed by atoms with Gasteiger partial charge in [-0.15, -0.1) is 11.3 Å². The van der Waals surface area contributed by atoms with E-state index in [1.807, 2.05) is 6.07 Å². The van der Waals surface area contributed by atoms with Gasteiger partial charge in [-0.1, -0.05) is 11.6 Å². The average molecular weight is 443 g/mol. The van der Waals surface area contributed by atoms with E-state index in [1.54, 1.807) is 0 Å². The maximum Gasteiger partial charge on any atom is 0.348 e. The van der Waals surface area contributed by atoms with Crippen molar-refractivity contribution in [3.8, 4) is 0 Å². The number of sulfonamides is 1. The number of halogens is 1. The van der Waals surface area contributed by atoms with Crippen molar-refractivity contribution in [3.05, 3.63) is 44.6 Å². The lowest BCUT2D eigenvalue weighted by Crippen LogP contribution is -2.23. The molecule has 0 radical (unpaired) electrons. The summed E-state index contributed by atoms with van der Waals surface area (Å²) in [5.74, 6) is -1.12. The smallest absolute Gasteiger partial charge is 0.348 e. The van der Waals surface area contributed by atoms with Gasteiger partial charge in [0.1, 0.15) is 9.77 Å². The molecule has 1 aliphatic carbocycles. The minimum atomic E-state index is -3.76. The molecule has 28 heavy (non-hydrogen) atoms. The number of amides is 1. The Morgan fingerprint density at radius 1 is 1.25 bits per heavy atom. The summed E-state index contributed by atoms with van der Waals surface area (Å²) in [7, 11) is -0.989. The number of ether oxygens (including phenoxy) is 1. The molecule has 1 amide bonds. The number of hydrogen-bond acceptors (Lipinski definition) is 6. The Kier molecular flexibility index (Phi) is 6.09. The number of fused-ring (bicyclic) bond motifs is 1. The monoisotopic (exact) mass is 442 g/mol. The molecule has 150 valence electrons. The standard InChI is InChI=1S/C18H19ClN2O5S2/c1-21(2)28(24,25)16-9-12(6-7-13(16)19)20-17(22)10-26-18(23)15-8-11-4-3-5-14(11)27-15/h6-9H,3-5,10H2,1-2H3,(H,20,22). The van der Waals surface area contributed by atoms with E-state index in [9.17, 15) is 18.0 Å². The van der Waals surface area contributed by atoms with Crippen LogP contribution in [-0.4, -0.2) is 45.3 Å². The van der Waals surface area contributed by atoms with Gasteiger partial charge in [-0.25, -0.2) is 17.5 Å². The predicted octanol–water partition coefficient (Wildman–Crippen LogP) is 2.94. The fourth-order valence-electron chi connectivity index (χ4n) is 2.80. The summed E-state index contributed by atoms with van der Waals surface area (Å²) >= 11 is 7.38. The molecule has 3 rings (SSSR count). The minimum absolute atomic E-state index is 0.0453. The molecule has 1 heterocycles. The van der Waals surface area contributed by atoms with E-state index in [2.05, 4.69) is 5.32 Å². The fraction of sp³-hybridized carbons (Fsp3) is 0.333. The highest BCUT2D eigenvalue weighted by Gasteiger charge is 2.22. The summed E-state index contributed by atoms with van der Waals surface area (Å²) in [4.78, 5) is 25.8. The van der Waals surface area contributed by atoms with Gasteiger partial charge in [0, 0.05) is 24.7 Å². The fourth-order valence-corrected chi connectivity index (χ4v) is 5.35. The molecule has 1 aromatic heterocycles. The van der Waals surface area contributed by atoms with Crippen molar-refractivity contribution >= 4 is 50.5 Å². The summed E-state index contributed by atoms with van der Waals surface area (Å²) < 4.78 is 30.7. The van der Waals surface area contributed by atoms with Gasteiger partial charge in [0.15, 0.2) is 6.61 Å². The third-order valence-electron chi connectivity index (χ3n) is 4.26. The van der Waals surface area contributed by atoms with Crippen LogP contribution in [0, 0.1) is 0 Å². The van der Waals surface area contributed by atoms with Gasteiger partial charge in [-0.05, 0) is 49.1 Å². The second-order valence-corrected chi connectivity index (χ2v) is 10.1. The summed E-state index contributed by atoms with van der Waals surface area (Å²) in [5.41, 5.74) is 1.41. The number of carbonyl (C=O) groups excluding carboxylic acids is 2. The van der Waals surface area contributed by atoms with E-state index in [0.717, 1.165) is 23.6 Å². The molecular formula is C18H19ClN2O5S2. The summed E-state index contributed by atoms with van der Waals surface area (Å²) in [6.07, 6.45) is 3.04. The van der Waals surface area contributed by atoms with Crippen molar-refractivity contribution in [1.29, 1.82) is 0 Å². The molecule has 0 spiro atoms. The Balaban J connectivity index is 1.62. The predicted molar refractivity (Wildman–Crippen MR) is 108 cm³/mol. The number of rotatable bonds is 6. The molecule has 0 saturated heterocycles. The van der Waals surface area contributed by atoms with Crippen molar-refractivity contribution in [2.75, 3.05) is 26.0 Å². The van der Waals surface area contributed by atoms with E-state index in [0.29, 0.717) is 4.88 Å². The van der Waals surface area contributed by atoms with Crippen LogP contribution in [0.25, 0.3) is 0 Å². The Hall–Kier alpha value is -1.94. The summed E-state index contributed by atoms with van der Waals surface area (Å²) in [5, 5.41) is 2.56. The Morgan fingerprint density at radius 2 is 2.00 bits per heavy atom. The van der Waals surface area contributed by atoms with E-state index >= 15 is 0 Å². The minimum Gasteiger partial charge on any atom is -0.451 e. The molecule has 7 nitrogen and oxygen atoms in total. The Morgan fingerprint density at radius 3 is 2.68 bits per heavy atom. The molecule has 10 heteroatoms. The van der Waals surface area contributed by atoms with Gasteiger partial charge in [0.05, 0.1) is 5.02 Å². The number of nitrogens with one attached hydrogen (secondary N) is 1. The molecular weight excluding hydrogens is 424 g/mol. The second-order valence-electron chi connectivity index (χ2n) is 6.47. The lowest BCUT2D eigenvalue weighted by atomic mass is 10.2. The van der Waals surface area contributed by atoms with Gasteiger partial charge in [-0.2, -0.15) is 0 Å². The molecule has 0 bridgehead atoms. The normalized spacial score (nSPS) is 13.4.